The van der Waals surface area contributed by atoms with Gasteiger partial charge in [0.2, 0.25) is 12.7 Å². The molecule has 0 saturated carbocycles. The molecule has 0 aliphatic carbocycles. The molecule has 2 aromatic rings. The van der Waals surface area contributed by atoms with E-state index >= 15 is 0 Å². The number of hydrogen-bond donors (Lipinski definition) is 0. The molecular formula is C16H18N4O3. The fraction of sp³-hybridized carbons (Fsp3) is 0.438. The van der Waals surface area contributed by atoms with E-state index in [4.69, 9.17) is 9.47 Å². The number of fused-ring (bicyclic) bond motifs is 1. The molecule has 2 aliphatic rings. The Balaban J connectivity index is 1.35. The first-order valence-corrected chi connectivity index (χ1v) is 7.82. The van der Waals surface area contributed by atoms with Gasteiger partial charge < -0.3 is 14.4 Å². The van der Waals surface area contributed by atoms with Crippen molar-refractivity contribution in [1.82, 2.24) is 19.9 Å². The third kappa shape index (κ3) is 2.86. The van der Waals surface area contributed by atoms with Gasteiger partial charge in [-0.15, -0.1) is 0 Å². The van der Waals surface area contributed by atoms with Crippen molar-refractivity contribution in [3.8, 4) is 11.5 Å². The topological polar surface area (TPSA) is 69.5 Å². The summed E-state index contributed by atoms with van der Waals surface area (Å²) >= 11 is 0. The van der Waals surface area contributed by atoms with Crippen LogP contribution in [-0.2, 0) is 11.2 Å². The van der Waals surface area contributed by atoms with E-state index in [2.05, 4.69) is 10.2 Å². The highest BCUT2D eigenvalue weighted by Crippen LogP contribution is 2.32. The lowest BCUT2D eigenvalue weighted by Gasteiger charge is -2.31. The highest BCUT2D eigenvalue weighted by molar-refractivity contribution is 5.79. The number of nitrogens with zero attached hydrogens (tertiary/aromatic N) is 4. The highest BCUT2D eigenvalue weighted by atomic mass is 16.7. The van der Waals surface area contributed by atoms with Crippen molar-refractivity contribution in [3.05, 3.63) is 36.2 Å². The van der Waals surface area contributed by atoms with Crippen molar-refractivity contribution < 1.29 is 14.3 Å². The lowest BCUT2D eigenvalue weighted by molar-refractivity contribution is -0.131. The summed E-state index contributed by atoms with van der Waals surface area (Å²) in [6.45, 7) is 1.74. The molecule has 1 fully saturated rings. The minimum absolute atomic E-state index is 0.149. The average molecular weight is 314 g/mol. The third-order valence-electron chi connectivity index (χ3n) is 4.37. The summed E-state index contributed by atoms with van der Waals surface area (Å²) in [4.78, 5) is 16.1. The molecule has 1 amide bonds. The molecule has 0 N–H and O–H groups in total. The lowest BCUT2D eigenvalue weighted by atomic mass is 10.0. The number of likely N-dealkylation sites (tertiary alicyclic amines) is 1. The number of aromatic nitrogens is 3. The van der Waals surface area contributed by atoms with Gasteiger partial charge in [-0.25, -0.2) is 0 Å². The van der Waals surface area contributed by atoms with E-state index in [0.717, 1.165) is 43.0 Å². The van der Waals surface area contributed by atoms with Crippen LogP contribution in [0.1, 0.15) is 24.4 Å². The van der Waals surface area contributed by atoms with Crippen LogP contribution in [0.5, 0.6) is 11.5 Å². The fourth-order valence-corrected chi connectivity index (χ4v) is 3.10. The van der Waals surface area contributed by atoms with Gasteiger partial charge in [0.05, 0.1) is 24.9 Å². The van der Waals surface area contributed by atoms with Gasteiger partial charge >= 0.3 is 0 Å². The Labute approximate surface area is 133 Å². The zero-order valence-corrected chi connectivity index (χ0v) is 12.7. The Kier molecular flexibility index (Phi) is 3.61. The van der Waals surface area contributed by atoms with Crippen LogP contribution in [0.2, 0.25) is 0 Å². The summed E-state index contributed by atoms with van der Waals surface area (Å²) in [7, 11) is 0. The van der Waals surface area contributed by atoms with Crippen molar-refractivity contribution in [2.24, 2.45) is 0 Å². The quantitative estimate of drug-likeness (QED) is 0.857. The molecule has 0 radical (unpaired) electrons. The summed E-state index contributed by atoms with van der Waals surface area (Å²) < 4.78 is 10.6. The van der Waals surface area contributed by atoms with Crippen LogP contribution in [0.15, 0.2) is 30.6 Å². The maximum absolute atomic E-state index is 12.5. The molecule has 0 atom stereocenters. The predicted octanol–water partition coefficient (Wildman–Crippen LogP) is 1.41. The predicted molar refractivity (Wildman–Crippen MR) is 81.1 cm³/mol. The van der Waals surface area contributed by atoms with E-state index in [0.29, 0.717) is 12.5 Å². The van der Waals surface area contributed by atoms with Crippen molar-refractivity contribution in [2.75, 3.05) is 19.9 Å². The number of benzene rings is 1. The van der Waals surface area contributed by atoms with Crippen LogP contribution in [-0.4, -0.2) is 45.7 Å². The molecule has 2 aliphatic heterocycles. The first kappa shape index (κ1) is 14.0. The summed E-state index contributed by atoms with van der Waals surface area (Å²) in [5, 5.41) is 8.37. The van der Waals surface area contributed by atoms with E-state index < -0.39 is 0 Å². The summed E-state index contributed by atoms with van der Waals surface area (Å²) in [6.07, 6.45) is 5.55. The second-order valence-corrected chi connectivity index (χ2v) is 5.83. The van der Waals surface area contributed by atoms with Gasteiger partial charge in [0.15, 0.2) is 11.5 Å². The monoisotopic (exact) mass is 314 g/mol. The van der Waals surface area contributed by atoms with E-state index in [1.807, 2.05) is 23.1 Å². The Morgan fingerprint density at radius 2 is 1.87 bits per heavy atom. The highest BCUT2D eigenvalue weighted by Gasteiger charge is 2.25. The van der Waals surface area contributed by atoms with Crippen LogP contribution in [0.4, 0.5) is 0 Å². The fourth-order valence-electron chi connectivity index (χ4n) is 3.10. The van der Waals surface area contributed by atoms with Crippen LogP contribution in [0.25, 0.3) is 0 Å². The Morgan fingerprint density at radius 1 is 1.13 bits per heavy atom. The molecule has 0 unspecified atom stereocenters. The van der Waals surface area contributed by atoms with Gasteiger partial charge in [-0.3, -0.25) is 4.79 Å². The molecule has 23 heavy (non-hydrogen) atoms. The molecule has 4 rings (SSSR count). The van der Waals surface area contributed by atoms with Gasteiger partial charge in [-0.05, 0) is 30.5 Å². The molecule has 7 heteroatoms. The number of carbonyl (C=O) groups is 1. The maximum Gasteiger partial charge on any atom is 0.231 e. The van der Waals surface area contributed by atoms with Gasteiger partial charge in [0.25, 0.3) is 0 Å². The van der Waals surface area contributed by atoms with Crippen molar-refractivity contribution >= 4 is 5.91 Å². The standard InChI is InChI=1S/C16H18N4O3/c21-16(10-12-1-2-14-15(9-12)23-11-22-14)19-7-3-13(4-8-19)20-17-5-6-18-20/h1-2,5-6,9,13H,3-4,7-8,10-11H2. The first-order valence-electron chi connectivity index (χ1n) is 7.82. The molecule has 7 nitrogen and oxygen atoms in total. The molecule has 3 heterocycles. The largest absolute Gasteiger partial charge is 0.454 e. The summed E-state index contributed by atoms with van der Waals surface area (Å²) in [5.74, 6) is 1.61. The number of carbonyl (C=O) groups excluding carboxylic acids is 1. The van der Waals surface area contributed by atoms with E-state index in [1.54, 1.807) is 17.2 Å². The lowest BCUT2D eigenvalue weighted by Crippen LogP contribution is -2.40. The number of hydrogen-bond acceptors (Lipinski definition) is 5. The minimum atomic E-state index is 0.149. The number of piperidine rings is 1. The number of rotatable bonds is 3. The molecule has 120 valence electrons. The van der Waals surface area contributed by atoms with Crippen molar-refractivity contribution in [2.45, 2.75) is 25.3 Å². The third-order valence-corrected chi connectivity index (χ3v) is 4.37. The van der Waals surface area contributed by atoms with Crippen LogP contribution < -0.4 is 9.47 Å². The van der Waals surface area contributed by atoms with Gasteiger partial charge in [-0.1, -0.05) is 6.07 Å². The zero-order valence-electron chi connectivity index (χ0n) is 12.7. The Morgan fingerprint density at radius 3 is 2.65 bits per heavy atom. The molecular weight excluding hydrogens is 296 g/mol. The van der Waals surface area contributed by atoms with Gasteiger partial charge in [0, 0.05) is 13.1 Å². The molecule has 1 saturated heterocycles. The second kappa shape index (κ2) is 5.91. The number of amides is 1. The van der Waals surface area contributed by atoms with E-state index in [9.17, 15) is 4.79 Å². The van der Waals surface area contributed by atoms with Crippen molar-refractivity contribution in [3.63, 3.8) is 0 Å². The van der Waals surface area contributed by atoms with Crippen LogP contribution >= 0.6 is 0 Å². The maximum atomic E-state index is 12.5. The average Bonchev–Trinajstić information content (AvgIpc) is 3.26. The summed E-state index contributed by atoms with van der Waals surface area (Å²) in [5.41, 5.74) is 0.954. The zero-order chi connectivity index (χ0) is 15.6. The van der Waals surface area contributed by atoms with Crippen LogP contribution in [0, 0.1) is 0 Å². The van der Waals surface area contributed by atoms with Gasteiger partial charge in [0.1, 0.15) is 0 Å². The van der Waals surface area contributed by atoms with Crippen LogP contribution in [0.3, 0.4) is 0 Å². The molecule has 1 aromatic carbocycles. The SMILES string of the molecule is O=C(Cc1ccc2c(c1)OCO2)N1CCC(n2nccn2)CC1. The van der Waals surface area contributed by atoms with Gasteiger partial charge in [-0.2, -0.15) is 15.0 Å². The Bertz CT molecular complexity index is 693. The Hall–Kier alpha value is -2.57. The first-order chi connectivity index (χ1) is 11.3. The van der Waals surface area contributed by atoms with E-state index in [1.165, 1.54) is 0 Å². The van der Waals surface area contributed by atoms with Crippen molar-refractivity contribution in [1.29, 1.82) is 0 Å². The second-order valence-electron chi connectivity index (χ2n) is 5.83. The number of ether oxygens (including phenoxy) is 2. The molecule has 0 spiro atoms. The van der Waals surface area contributed by atoms with E-state index in [-0.39, 0.29) is 12.7 Å². The molecule has 0 bridgehead atoms. The normalized spacial score (nSPS) is 17.5. The smallest absolute Gasteiger partial charge is 0.231 e. The minimum Gasteiger partial charge on any atom is -0.454 e. The summed E-state index contributed by atoms with van der Waals surface area (Å²) in [6, 6.07) is 5.96. The molecule has 1 aromatic heterocycles.